The number of methoxy groups -OCH3 is 2. The summed E-state index contributed by atoms with van der Waals surface area (Å²) < 4.78 is 16.6. The Morgan fingerprint density at radius 2 is 2.00 bits per heavy atom. The Labute approximate surface area is 151 Å². The summed E-state index contributed by atoms with van der Waals surface area (Å²) in [4.78, 5) is 4.31. The third-order valence-corrected chi connectivity index (χ3v) is 4.76. The van der Waals surface area contributed by atoms with Crippen molar-refractivity contribution in [2.24, 2.45) is 4.99 Å². The topological polar surface area (TPSA) is 64.1 Å². The number of nitrogens with zero attached hydrogens (tertiary/aromatic N) is 1. The van der Waals surface area contributed by atoms with Crippen LogP contribution in [0.3, 0.4) is 0 Å². The molecule has 2 rings (SSSR count). The quantitative estimate of drug-likeness (QED) is 0.581. The molecule has 1 aromatic rings. The lowest BCUT2D eigenvalue weighted by Gasteiger charge is -2.36. The minimum absolute atomic E-state index is 0.171. The van der Waals surface area contributed by atoms with E-state index >= 15 is 0 Å². The van der Waals surface area contributed by atoms with Crippen molar-refractivity contribution in [1.29, 1.82) is 0 Å². The fraction of sp³-hybridized carbons (Fsp3) is 0.632. The highest BCUT2D eigenvalue weighted by atomic mass is 16.5. The molecule has 0 amide bonds. The predicted molar refractivity (Wildman–Crippen MR) is 101 cm³/mol. The van der Waals surface area contributed by atoms with Crippen LogP contribution in [0.1, 0.15) is 24.0 Å². The van der Waals surface area contributed by atoms with E-state index < -0.39 is 0 Å². The SMILES string of the molecule is CN=C(NCCc1cc(C)ccc1OC)NCC1(OC)CCOCC1. The summed E-state index contributed by atoms with van der Waals surface area (Å²) in [6.45, 7) is 5.08. The minimum atomic E-state index is -0.171. The molecule has 0 aliphatic carbocycles. The van der Waals surface area contributed by atoms with E-state index in [0.29, 0.717) is 0 Å². The van der Waals surface area contributed by atoms with Crippen LogP contribution in [0.2, 0.25) is 0 Å². The molecule has 0 radical (unpaired) electrons. The number of hydrogen-bond acceptors (Lipinski definition) is 4. The second-order valence-corrected chi connectivity index (χ2v) is 6.42. The molecule has 0 unspecified atom stereocenters. The second-order valence-electron chi connectivity index (χ2n) is 6.42. The first-order valence-corrected chi connectivity index (χ1v) is 8.83. The van der Waals surface area contributed by atoms with Crippen LogP contribution >= 0.6 is 0 Å². The average molecular weight is 349 g/mol. The van der Waals surface area contributed by atoms with Gasteiger partial charge in [0.1, 0.15) is 5.75 Å². The van der Waals surface area contributed by atoms with E-state index in [-0.39, 0.29) is 5.60 Å². The minimum Gasteiger partial charge on any atom is -0.496 e. The van der Waals surface area contributed by atoms with Crippen LogP contribution in [0.25, 0.3) is 0 Å². The largest absolute Gasteiger partial charge is 0.496 e. The Bertz CT molecular complexity index is 569. The average Bonchev–Trinajstić information content (AvgIpc) is 2.65. The zero-order valence-corrected chi connectivity index (χ0v) is 15.9. The summed E-state index contributed by atoms with van der Waals surface area (Å²) in [6.07, 6.45) is 2.66. The maximum absolute atomic E-state index is 5.75. The molecular formula is C19H31N3O3. The lowest BCUT2D eigenvalue weighted by atomic mass is 9.94. The molecule has 1 aliphatic rings. The number of nitrogens with one attached hydrogen (secondary N) is 2. The lowest BCUT2D eigenvalue weighted by molar-refractivity contribution is -0.0855. The molecule has 1 fully saturated rings. The van der Waals surface area contributed by atoms with Crippen molar-refractivity contribution in [2.45, 2.75) is 31.8 Å². The van der Waals surface area contributed by atoms with Gasteiger partial charge < -0.3 is 24.8 Å². The zero-order valence-electron chi connectivity index (χ0n) is 15.9. The Hall–Kier alpha value is -1.79. The van der Waals surface area contributed by atoms with Crippen LogP contribution in [0.4, 0.5) is 0 Å². The smallest absolute Gasteiger partial charge is 0.191 e. The molecule has 1 saturated heterocycles. The number of benzene rings is 1. The van der Waals surface area contributed by atoms with Gasteiger partial charge in [0.05, 0.1) is 12.7 Å². The van der Waals surface area contributed by atoms with Gasteiger partial charge in [-0.2, -0.15) is 0 Å². The standard InChI is InChI=1S/C19H31N3O3/c1-15-5-6-17(23-3)16(13-15)7-10-21-18(20-2)22-14-19(24-4)8-11-25-12-9-19/h5-6,13H,7-12,14H2,1-4H3,(H2,20,21,22). The first kappa shape index (κ1) is 19.5. The van der Waals surface area contributed by atoms with Crippen molar-refractivity contribution in [3.8, 4) is 5.75 Å². The van der Waals surface area contributed by atoms with Gasteiger partial charge >= 0.3 is 0 Å². The molecule has 2 N–H and O–H groups in total. The highest BCUT2D eigenvalue weighted by molar-refractivity contribution is 5.79. The summed E-state index contributed by atoms with van der Waals surface area (Å²) in [7, 11) is 5.26. The number of guanidine groups is 1. The molecule has 25 heavy (non-hydrogen) atoms. The second kappa shape index (κ2) is 9.63. The number of ether oxygens (including phenoxy) is 3. The lowest BCUT2D eigenvalue weighted by Crippen LogP contribution is -2.51. The molecule has 140 valence electrons. The van der Waals surface area contributed by atoms with E-state index in [1.54, 1.807) is 21.3 Å². The Morgan fingerprint density at radius 3 is 2.64 bits per heavy atom. The fourth-order valence-electron chi connectivity index (χ4n) is 3.08. The summed E-state index contributed by atoms with van der Waals surface area (Å²) in [6, 6.07) is 6.25. The van der Waals surface area contributed by atoms with Crippen LogP contribution in [-0.4, -0.2) is 59.1 Å². The zero-order chi connectivity index (χ0) is 18.1. The fourth-order valence-corrected chi connectivity index (χ4v) is 3.08. The van der Waals surface area contributed by atoms with E-state index in [1.807, 2.05) is 6.07 Å². The van der Waals surface area contributed by atoms with Gasteiger partial charge in [-0.15, -0.1) is 0 Å². The molecular weight excluding hydrogens is 318 g/mol. The maximum Gasteiger partial charge on any atom is 0.191 e. The molecule has 0 aromatic heterocycles. The van der Waals surface area contributed by atoms with Crippen LogP contribution in [0, 0.1) is 6.92 Å². The maximum atomic E-state index is 5.75. The third-order valence-electron chi connectivity index (χ3n) is 4.76. The predicted octanol–water partition coefficient (Wildman–Crippen LogP) is 1.91. The first-order chi connectivity index (χ1) is 12.1. The highest BCUT2D eigenvalue weighted by Gasteiger charge is 2.32. The molecule has 1 heterocycles. The first-order valence-electron chi connectivity index (χ1n) is 8.83. The van der Waals surface area contributed by atoms with Gasteiger partial charge in [-0.05, 0) is 25.0 Å². The molecule has 0 atom stereocenters. The number of rotatable bonds is 7. The van der Waals surface area contributed by atoms with Gasteiger partial charge in [0.2, 0.25) is 0 Å². The monoisotopic (exact) mass is 349 g/mol. The van der Waals surface area contributed by atoms with Crippen molar-refractivity contribution in [3.63, 3.8) is 0 Å². The summed E-state index contributed by atoms with van der Waals surface area (Å²) in [5, 5.41) is 6.75. The van der Waals surface area contributed by atoms with Gasteiger partial charge in [0.25, 0.3) is 0 Å². The molecule has 0 spiro atoms. The van der Waals surface area contributed by atoms with E-state index in [2.05, 4.69) is 34.7 Å². The Balaban J connectivity index is 1.83. The van der Waals surface area contributed by atoms with Gasteiger partial charge in [-0.3, -0.25) is 4.99 Å². The van der Waals surface area contributed by atoms with Gasteiger partial charge in [0, 0.05) is 53.3 Å². The normalized spacial score (nSPS) is 17.2. The van der Waals surface area contributed by atoms with E-state index in [0.717, 1.165) is 57.3 Å². The third kappa shape index (κ3) is 5.61. The van der Waals surface area contributed by atoms with E-state index in [9.17, 15) is 0 Å². The number of hydrogen-bond donors (Lipinski definition) is 2. The van der Waals surface area contributed by atoms with Crippen LogP contribution in [0.15, 0.2) is 23.2 Å². The number of aryl methyl sites for hydroxylation is 1. The van der Waals surface area contributed by atoms with Gasteiger partial charge in [0.15, 0.2) is 5.96 Å². The van der Waals surface area contributed by atoms with Crippen molar-refractivity contribution in [3.05, 3.63) is 29.3 Å². The number of aliphatic imine (C=N–C) groups is 1. The molecule has 0 saturated carbocycles. The van der Waals surface area contributed by atoms with Crippen LogP contribution in [0.5, 0.6) is 5.75 Å². The van der Waals surface area contributed by atoms with Crippen molar-refractivity contribution in [2.75, 3.05) is 47.6 Å². The molecule has 0 bridgehead atoms. The van der Waals surface area contributed by atoms with E-state index in [4.69, 9.17) is 14.2 Å². The molecule has 6 heteroatoms. The summed E-state index contributed by atoms with van der Waals surface area (Å²) in [5.74, 6) is 1.71. The van der Waals surface area contributed by atoms with Crippen molar-refractivity contribution in [1.82, 2.24) is 10.6 Å². The molecule has 1 aromatic carbocycles. The van der Waals surface area contributed by atoms with Crippen molar-refractivity contribution >= 4 is 5.96 Å². The Kier molecular flexibility index (Phi) is 7.52. The van der Waals surface area contributed by atoms with Gasteiger partial charge in [-0.25, -0.2) is 0 Å². The Morgan fingerprint density at radius 1 is 1.24 bits per heavy atom. The summed E-state index contributed by atoms with van der Waals surface area (Å²) in [5.41, 5.74) is 2.26. The van der Waals surface area contributed by atoms with Gasteiger partial charge in [-0.1, -0.05) is 17.7 Å². The molecule has 6 nitrogen and oxygen atoms in total. The van der Waals surface area contributed by atoms with Crippen molar-refractivity contribution < 1.29 is 14.2 Å². The van der Waals surface area contributed by atoms with Crippen LogP contribution < -0.4 is 15.4 Å². The highest BCUT2D eigenvalue weighted by Crippen LogP contribution is 2.23. The van der Waals surface area contributed by atoms with Crippen LogP contribution in [-0.2, 0) is 15.9 Å². The van der Waals surface area contributed by atoms with E-state index in [1.165, 1.54) is 11.1 Å². The molecule has 1 aliphatic heterocycles. The summed E-state index contributed by atoms with van der Waals surface area (Å²) >= 11 is 0.